The predicted molar refractivity (Wildman–Crippen MR) is 131 cm³/mol. The largest absolute Gasteiger partial charge is 0.508 e. The lowest BCUT2D eigenvalue weighted by molar-refractivity contribution is -0.153. The molecule has 0 heterocycles. The summed E-state index contributed by atoms with van der Waals surface area (Å²) in [6.07, 6.45) is 0.797. The summed E-state index contributed by atoms with van der Waals surface area (Å²) in [4.78, 5) is 51.9. The van der Waals surface area contributed by atoms with Crippen LogP contribution in [0.15, 0.2) is 23.0 Å². The van der Waals surface area contributed by atoms with Gasteiger partial charge in [0, 0.05) is 30.5 Å². The van der Waals surface area contributed by atoms with Crippen LogP contribution in [-0.2, 0) is 38.6 Å². The molecule has 0 bridgehead atoms. The van der Waals surface area contributed by atoms with Gasteiger partial charge in [-0.3, -0.25) is 24.1 Å². The van der Waals surface area contributed by atoms with E-state index in [0.29, 0.717) is 17.5 Å². The SMILES string of the molecule is CCc1cc(CNC(C)=O)c(O)c2c1C[C@H]1C[C@H]3C(N(C)C)C(=O)C(C(N)=O)=C(O)[C@]3(O)C(=O)C1=C2O. The standard InChI is InChI=1S/C26H31N3O8/c1-5-11-6-13(9-28-10(2)30)20(31)17-14(11)7-12-8-15-19(29(3)4)22(33)18(25(27)36)24(35)26(15,37)23(34)16(12)21(17)32/h6,12,15,19,31-32,35,37H,5,7-9H2,1-4H3,(H2,27,36)(H,28,30)/t12-,15-,19?,26+/m0/s1. The number of aliphatic hydroxyl groups is 3. The number of nitrogens with one attached hydrogen (secondary N) is 1. The lowest BCUT2D eigenvalue weighted by atomic mass is 9.57. The van der Waals surface area contributed by atoms with Gasteiger partial charge in [0.1, 0.15) is 22.8 Å². The quantitative estimate of drug-likeness (QED) is 0.298. The summed E-state index contributed by atoms with van der Waals surface area (Å²) in [5.41, 5.74) is 3.38. The zero-order valence-corrected chi connectivity index (χ0v) is 21.1. The number of nitrogens with zero attached hydrogens (tertiary/aromatic N) is 1. The van der Waals surface area contributed by atoms with Crippen molar-refractivity contribution in [2.24, 2.45) is 17.6 Å². The average molecular weight is 514 g/mol. The van der Waals surface area contributed by atoms with E-state index in [-0.39, 0.29) is 42.2 Å². The molecule has 1 fully saturated rings. The van der Waals surface area contributed by atoms with Gasteiger partial charge in [0.05, 0.1) is 11.6 Å². The number of aryl methyl sites for hydroxylation is 1. The van der Waals surface area contributed by atoms with Crippen LogP contribution in [0.25, 0.3) is 5.76 Å². The van der Waals surface area contributed by atoms with Gasteiger partial charge < -0.3 is 31.5 Å². The number of carbonyl (C=O) groups excluding carboxylic acids is 4. The van der Waals surface area contributed by atoms with E-state index >= 15 is 0 Å². The van der Waals surface area contributed by atoms with Gasteiger partial charge >= 0.3 is 0 Å². The van der Waals surface area contributed by atoms with E-state index in [1.165, 1.54) is 11.8 Å². The van der Waals surface area contributed by atoms with Crippen LogP contribution >= 0.6 is 0 Å². The first-order valence-corrected chi connectivity index (χ1v) is 12.0. The van der Waals surface area contributed by atoms with Crippen LogP contribution in [0.4, 0.5) is 0 Å². The Bertz CT molecular complexity index is 1310. The van der Waals surface area contributed by atoms with Crippen molar-refractivity contribution in [3.05, 3.63) is 45.2 Å². The first kappa shape index (κ1) is 26.4. The van der Waals surface area contributed by atoms with E-state index in [2.05, 4.69) is 5.32 Å². The summed E-state index contributed by atoms with van der Waals surface area (Å²) >= 11 is 0. The fraction of sp³-hybridized carbons (Fsp3) is 0.462. The summed E-state index contributed by atoms with van der Waals surface area (Å²) in [6, 6.07) is 0.612. The minimum atomic E-state index is -2.68. The maximum atomic E-state index is 13.9. The Balaban J connectivity index is 1.95. The molecule has 4 rings (SSSR count). The molecular formula is C26H31N3O8. The van der Waals surface area contributed by atoms with Gasteiger partial charge in [-0.1, -0.05) is 13.0 Å². The van der Waals surface area contributed by atoms with Crippen molar-refractivity contribution < 1.29 is 39.6 Å². The second-order valence-electron chi connectivity index (χ2n) is 10.1. The number of rotatable bonds is 5. The van der Waals surface area contributed by atoms with Gasteiger partial charge in [-0.25, -0.2) is 0 Å². The molecule has 1 aromatic rings. The number of amides is 2. The highest BCUT2D eigenvalue weighted by Crippen LogP contribution is 2.53. The molecule has 1 saturated carbocycles. The average Bonchev–Trinajstić information content (AvgIpc) is 2.80. The Morgan fingerprint density at radius 3 is 2.38 bits per heavy atom. The number of hydrogen-bond acceptors (Lipinski definition) is 9. The fourth-order valence-electron chi connectivity index (χ4n) is 6.12. The predicted octanol–water partition coefficient (Wildman–Crippen LogP) is 0.163. The first-order valence-electron chi connectivity index (χ1n) is 12.0. The summed E-state index contributed by atoms with van der Waals surface area (Å²) < 4.78 is 0. The number of likely N-dealkylation sites (N-methyl/N-ethyl adjacent to an activating group) is 1. The van der Waals surface area contributed by atoms with E-state index in [4.69, 9.17) is 5.73 Å². The van der Waals surface area contributed by atoms with Crippen molar-refractivity contribution in [1.29, 1.82) is 0 Å². The Morgan fingerprint density at radius 1 is 1.19 bits per heavy atom. The van der Waals surface area contributed by atoms with E-state index in [0.717, 1.165) is 5.56 Å². The normalized spacial score (nSPS) is 27.1. The van der Waals surface area contributed by atoms with Crippen molar-refractivity contribution in [3.8, 4) is 5.75 Å². The third-order valence-corrected chi connectivity index (χ3v) is 7.80. The highest BCUT2D eigenvalue weighted by Gasteiger charge is 2.64. The number of phenolic OH excluding ortho intramolecular Hbond substituents is 1. The molecule has 0 saturated heterocycles. The minimum absolute atomic E-state index is 0.00836. The lowest BCUT2D eigenvalue weighted by Crippen LogP contribution is -2.65. The number of Topliss-reactive ketones (excluding diaryl/α,β-unsaturated/α-hetero) is 2. The van der Waals surface area contributed by atoms with Crippen LogP contribution in [0.3, 0.4) is 0 Å². The van der Waals surface area contributed by atoms with Gasteiger partial charge in [0.2, 0.25) is 11.7 Å². The maximum Gasteiger partial charge on any atom is 0.255 e. The number of hydrogen-bond donors (Lipinski definition) is 6. The molecule has 0 aromatic heterocycles. The minimum Gasteiger partial charge on any atom is -0.508 e. The summed E-state index contributed by atoms with van der Waals surface area (Å²) in [6.45, 7) is 3.21. The highest BCUT2D eigenvalue weighted by atomic mass is 16.3. The molecule has 7 N–H and O–H groups in total. The summed E-state index contributed by atoms with van der Waals surface area (Å²) in [5.74, 6) is -7.18. The van der Waals surface area contributed by atoms with Gasteiger partial charge in [0.15, 0.2) is 11.4 Å². The third kappa shape index (κ3) is 3.72. The first-order chi connectivity index (χ1) is 17.3. The van der Waals surface area contributed by atoms with Crippen LogP contribution in [0, 0.1) is 11.8 Å². The van der Waals surface area contributed by atoms with Gasteiger partial charge in [-0.15, -0.1) is 0 Å². The van der Waals surface area contributed by atoms with Crippen molar-refractivity contribution in [2.75, 3.05) is 14.1 Å². The highest BCUT2D eigenvalue weighted by molar-refractivity contribution is 6.24. The van der Waals surface area contributed by atoms with Gasteiger partial charge in [0.25, 0.3) is 5.91 Å². The van der Waals surface area contributed by atoms with Crippen molar-refractivity contribution in [1.82, 2.24) is 10.2 Å². The van der Waals surface area contributed by atoms with Crippen LogP contribution in [-0.4, -0.2) is 74.4 Å². The molecular weight excluding hydrogens is 482 g/mol. The molecule has 198 valence electrons. The molecule has 3 aliphatic rings. The van der Waals surface area contributed by atoms with Crippen molar-refractivity contribution in [2.45, 2.75) is 51.3 Å². The molecule has 37 heavy (non-hydrogen) atoms. The fourth-order valence-corrected chi connectivity index (χ4v) is 6.12. The zero-order valence-electron chi connectivity index (χ0n) is 21.1. The molecule has 0 aliphatic heterocycles. The van der Waals surface area contributed by atoms with E-state index < -0.39 is 58.0 Å². The lowest BCUT2D eigenvalue weighted by Gasteiger charge is -2.50. The molecule has 3 aliphatic carbocycles. The number of benzene rings is 1. The van der Waals surface area contributed by atoms with Crippen molar-refractivity contribution >= 4 is 29.1 Å². The van der Waals surface area contributed by atoms with Crippen LogP contribution < -0.4 is 11.1 Å². The Labute approximate surface area is 213 Å². The number of phenols is 1. The number of fused-ring (bicyclic) bond motifs is 3. The van der Waals surface area contributed by atoms with Crippen LogP contribution in [0.2, 0.25) is 0 Å². The third-order valence-electron chi connectivity index (χ3n) is 7.80. The molecule has 11 heteroatoms. The Morgan fingerprint density at radius 2 is 1.84 bits per heavy atom. The van der Waals surface area contributed by atoms with Gasteiger partial charge in [-0.2, -0.15) is 0 Å². The zero-order chi connectivity index (χ0) is 27.6. The number of ketones is 2. The monoisotopic (exact) mass is 513 g/mol. The van der Waals surface area contributed by atoms with Crippen LogP contribution in [0.5, 0.6) is 5.75 Å². The number of nitrogens with two attached hydrogens (primary N) is 1. The van der Waals surface area contributed by atoms with Crippen molar-refractivity contribution in [3.63, 3.8) is 0 Å². The molecule has 1 aromatic carbocycles. The molecule has 1 unspecified atom stereocenters. The number of aliphatic hydroxyl groups excluding tert-OH is 2. The topological polar surface area (TPSA) is 190 Å². The molecule has 11 nitrogen and oxygen atoms in total. The van der Waals surface area contributed by atoms with Gasteiger partial charge in [-0.05, 0) is 50.4 Å². The molecule has 4 atom stereocenters. The number of primary amides is 1. The summed E-state index contributed by atoms with van der Waals surface area (Å²) in [5, 5.41) is 47.5. The van der Waals surface area contributed by atoms with E-state index in [1.807, 2.05) is 6.92 Å². The number of aromatic hydroxyl groups is 1. The molecule has 0 radical (unpaired) electrons. The Hall–Kier alpha value is -3.70. The summed E-state index contributed by atoms with van der Waals surface area (Å²) in [7, 11) is 3.11. The molecule has 2 amide bonds. The number of carbonyl (C=O) groups is 4. The molecule has 0 spiro atoms. The smallest absolute Gasteiger partial charge is 0.255 e. The van der Waals surface area contributed by atoms with Crippen LogP contribution in [0.1, 0.15) is 42.5 Å². The Kier molecular flexibility index (Phi) is 6.41. The second-order valence-corrected chi connectivity index (χ2v) is 10.1. The maximum absolute atomic E-state index is 13.9. The second kappa shape index (κ2) is 9.00. The van der Waals surface area contributed by atoms with E-state index in [9.17, 15) is 39.6 Å². The van der Waals surface area contributed by atoms with E-state index in [1.54, 1.807) is 20.2 Å².